The van der Waals surface area contributed by atoms with Gasteiger partial charge in [-0.15, -0.1) is 0 Å². The molecule has 0 radical (unpaired) electrons. The van der Waals surface area contributed by atoms with Crippen molar-refractivity contribution >= 4 is 5.91 Å². The predicted molar refractivity (Wildman–Crippen MR) is 56.9 cm³/mol. The van der Waals surface area contributed by atoms with Crippen LogP contribution in [0.1, 0.15) is 11.1 Å². The van der Waals surface area contributed by atoms with Crippen molar-refractivity contribution in [3.8, 4) is 0 Å². The van der Waals surface area contributed by atoms with Gasteiger partial charge in [-0.1, -0.05) is 29.8 Å². The number of aryl methyl sites for hydroxylation is 1. The number of nitrogens with one attached hydrogen (secondary N) is 1. The van der Waals surface area contributed by atoms with Crippen molar-refractivity contribution in [1.29, 1.82) is 0 Å². The van der Waals surface area contributed by atoms with Crippen LogP contribution in [-0.2, 0) is 11.2 Å². The first-order valence-electron chi connectivity index (χ1n) is 4.74. The Kier molecular flexibility index (Phi) is 4.13. The molecule has 3 heteroatoms. The number of benzene rings is 1. The molecule has 0 fully saturated rings. The second kappa shape index (κ2) is 5.40. The van der Waals surface area contributed by atoms with Crippen molar-refractivity contribution < 1.29 is 4.79 Å². The van der Waals surface area contributed by atoms with Gasteiger partial charge in [0.25, 0.3) is 0 Å². The minimum absolute atomic E-state index is 0.0271. The molecular weight excluding hydrogens is 176 g/mol. The van der Waals surface area contributed by atoms with Crippen molar-refractivity contribution in [1.82, 2.24) is 5.32 Å². The summed E-state index contributed by atoms with van der Waals surface area (Å²) in [6, 6.07) is 7.95. The Morgan fingerprint density at radius 1 is 1.36 bits per heavy atom. The average Bonchev–Trinajstić information content (AvgIpc) is 2.18. The third-order valence-corrected chi connectivity index (χ3v) is 1.95. The number of nitrogens with two attached hydrogens (primary N) is 1. The van der Waals surface area contributed by atoms with Crippen LogP contribution in [0.2, 0.25) is 0 Å². The van der Waals surface area contributed by atoms with Crippen LogP contribution < -0.4 is 11.1 Å². The van der Waals surface area contributed by atoms with Gasteiger partial charge in [-0.05, 0) is 12.5 Å². The zero-order chi connectivity index (χ0) is 10.4. The number of carbonyl (C=O) groups excluding carboxylic acids is 1. The lowest BCUT2D eigenvalue weighted by Gasteiger charge is -2.03. The third kappa shape index (κ3) is 3.58. The van der Waals surface area contributed by atoms with Gasteiger partial charge in [0, 0.05) is 13.1 Å². The molecule has 76 valence electrons. The van der Waals surface area contributed by atoms with Gasteiger partial charge in [0.15, 0.2) is 0 Å². The Balaban J connectivity index is 2.44. The van der Waals surface area contributed by atoms with Gasteiger partial charge in [0.05, 0.1) is 6.42 Å². The maximum atomic E-state index is 11.3. The van der Waals surface area contributed by atoms with Gasteiger partial charge in [-0.2, -0.15) is 0 Å². The Labute approximate surface area is 84.3 Å². The van der Waals surface area contributed by atoms with Gasteiger partial charge >= 0.3 is 0 Å². The first-order valence-corrected chi connectivity index (χ1v) is 4.74. The molecule has 0 saturated carbocycles. The lowest BCUT2D eigenvalue weighted by atomic mass is 10.1. The molecule has 1 aromatic carbocycles. The van der Waals surface area contributed by atoms with Crippen LogP contribution in [0.4, 0.5) is 0 Å². The van der Waals surface area contributed by atoms with E-state index in [1.54, 1.807) is 0 Å². The molecule has 1 rings (SSSR count). The Morgan fingerprint density at radius 3 is 2.57 bits per heavy atom. The molecule has 0 saturated heterocycles. The fraction of sp³-hybridized carbons (Fsp3) is 0.364. The van der Waals surface area contributed by atoms with Gasteiger partial charge < -0.3 is 11.1 Å². The maximum absolute atomic E-state index is 11.3. The molecule has 0 atom stereocenters. The van der Waals surface area contributed by atoms with E-state index in [9.17, 15) is 4.79 Å². The number of hydrogen-bond donors (Lipinski definition) is 2. The monoisotopic (exact) mass is 192 g/mol. The van der Waals surface area contributed by atoms with E-state index in [4.69, 9.17) is 5.73 Å². The van der Waals surface area contributed by atoms with Gasteiger partial charge in [0.1, 0.15) is 0 Å². The van der Waals surface area contributed by atoms with Crippen LogP contribution in [-0.4, -0.2) is 19.0 Å². The van der Waals surface area contributed by atoms with Gasteiger partial charge in [0.2, 0.25) is 5.91 Å². The van der Waals surface area contributed by atoms with Gasteiger partial charge in [-0.3, -0.25) is 4.79 Å². The molecule has 0 bridgehead atoms. The summed E-state index contributed by atoms with van der Waals surface area (Å²) in [5, 5.41) is 2.73. The van der Waals surface area contributed by atoms with Crippen molar-refractivity contribution in [3.63, 3.8) is 0 Å². The standard InChI is InChI=1S/C11H16N2O/c1-9-2-4-10(5-3-9)8-11(14)13-7-6-12/h2-5H,6-8,12H2,1H3,(H,13,14). The van der Waals surface area contributed by atoms with Crippen molar-refractivity contribution in [3.05, 3.63) is 35.4 Å². The molecule has 0 aliphatic carbocycles. The quantitative estimate of drug-likeness (QED) is 0.734. The molecule has 14 heavy (non-hydrogen) atoms. The summed E-state index contributed by atoms with van der Waals surface area (Å²) in [6.07, 6.45) is 0.431. The Bertz CT molecular complexity index is 293. The van der Waals surface area contributed by atoms with E-state index >= 15 is 0 Å². The van der Waals surface area contributed by atoms with Crippen molar-refractivity contribution in [2.45, 2.75) is 13.3 Å². The van der Waals surface area contributed by atoms with Crippen LogP contribution in [0, 0.1) is 6.92 Å². The maximum Gasteiger partial charge on any atom is 0.224 e. The molecule has 0 aromatic heterocycles. The van der Waals surface area contributed by atoms with E-state index in [0.29, 0.717) is 19.5 Å². The summed E-state index contributed by atoms with van der Waals surface area (Å²) in [5.41, 5.74) is 7.51. The molecule has 3 nitrogen and oxygen atoms in total. The highest BCUT2D eigenvalue weighted by Gasteiger charge is 2.01. The number of hydrogen-bond acceptors (Lipinski definition) is 2. The molecule has 1 amide bonds. The summed E-state index contributed by atoms with van der Waals surface area (Å²) in [4.78, 5) is 11.3. The molecule has 0 heterocycles. The van der Waals surface area contributed by atoms with Crippen LogP contribution in [0.3, 0.4) is 0 Å². The fourth-order valence-electron chi connectivity index (χ4n) is 1.17. The minimum atomic E-state index is 0.0271. The van der Waals surface area contributed by atoms with E-state index in [0.717, 1.165) is 5.56 Å². The zero-order valence-corrected chi connectivity index (χ0v) is 8.42. The largest absolute Gasteiger partial charge is 0.355 e. The lowest BCUT2D eigenvalue weighted by Crippen LogP contribution is -2.30. The molecule has 3 N–H and O–H groups in total. The van der Waals surface area contributed by atoms with Crippen LogP contribution in [0.15, 0.2) is 24.3 Å². The van der Waals surface area contributed by atoms with Crippen LogP contribution >= 0.6 is 0 Å². The number of amides is 1. The first kappa shape index (κ1) is 10.7. The summed E-state index contributed by atoms with van der Waals surface area (Å²) >= 11 is 0. The summed E-state index contributed by atoms with van der Waals surface area (Å²) in [6.45, 7) is 3.06. The minimum Gasteiger partial charge on any atom is -0.355 e. The Hall–Kier alpha value is -1.35. The first-order chi connectivity index (χ1) is 6.72. The van der Waals surface area contributed by atoms with E-state index in [1.807, 2.05) is 31.2 Å². The van der Waals surface area contributed by atoms with E-state index in [2.05, 4.69) is 5.32 Å². The summed E-state index contributed by atoms with van der Waals surface area (Å²) < 4.78 is 0. The van der Waals surface area contributed by atoms with E-state index < -0.39 is 0 Å². The molecule has 0 unspecified atom stereocenters. The second-order valence-electron chi connectivity index (χ2n) is 3.30. The average molecular weight is 192 g/mol. The summed E-state index contributed by atoms with van der Waals surface area (Å²) in [5.74, 6) is 0.0271. The van der Waals surface area contributed by atoms with Crippen LogP contribution in [0.5, 0.6) is 0 Å². The number of carbonyl (C=O) groups is 1. The fourth-order valence-corrected chi connectivity index (χ4v) is 1.17. The predicted octanol–water partition coefficient (Wildman–Crippen LogP) is 0.612. The normalized spacial score (nSPS) is 9.86. The Morgan fingerprint density at radius 2 is 2.00 bits per heavy atom. The van der Waals surface area contributed by atoms with E-state index in [1.165, 1.54) is 5.56 Å². The molecule has 1 aromatic rings. The molecule has 0 aliphatic rings. The van der Waals surface area contributed by atoms with Crippen molar-refractivity contribution in [2.24, 2.45) is 5.73 Å². The highest BCUT2D eigenvalue weighted by molar-refractivity contribution is 5.78. The molecule has 0 spiro atoms. The van der Waals surface area contributed by atoms with E-state index in [-0.39, 0.29) is 5.91 Å². The SMILES string of the molecule is Cc1ccc(CC(=O)NCCN)cc1. The number of rotatable bonds is 4. The topological polar surface area (TPSA) is 55.1 Å². The van der Waals surface area contributed by atoms with Gasteiger partial charge in [-0.25, -0.2) is 0 Å². The lowest BCUT2D eigenvalue weighted by molar-refractivity contribution is -0.120. The highest BCUT2D eigenvalue weighted by atomic mass is 16.1. The third-order valence-electron chi connectivity index (χ3n) is 1.95. The van der Waals surface area contributed by atoms with Crippen molar-refractivity contribution in [2.75, 3.05) is 13.1 Å². The van der Waals surface area contributed by atoms with Crippen LogP contribution in [0.25, 0.3) is 0 Å². The highest BCUT2D eigenvalue weighted by Crippen LogP contribution is 2.03. The summed E-state index contributed by atoms with van der Waals surface area (Å²) in [7, 11) is 0. The second-order valence-corrected chi connectivity index (χ2v) is 3.30. The molecule has 0 aliphatic heterocycles. The smallest absolute Gasteiger partial charge is 0.224 e. The zero-order valence-electron chi connectivity index (χ0n) is 8.42. The molecular formula is C11H16N2O.